The van der Waals surface area contributed by atoms with Crippen LogP contribution >= 0.6 is 0 Å². The summed E-state index contributed by atoms with van der Waals surface area (Å²) in [4.78, 5) is 7.95. The van der Waals surface area contributed by atoms with E-state index in [1.165, 1.54) is 0 Å². The summed E-state index contributed by atoms with van der Waals surface area (Å²) in [5.74, 6) is 0.469. The zero-order chi connectivity index (χ0) is 14.2. The van der Waals surface area contributed by atoms with Crippen molar-refractivity contribution in [2.45, 2.75) is 38.6 Å². The van der Waals surface area contributed by atoms with Crippen LogP contribution in [0.4, 0.5) is 0 Å². The number of rotatable bonds is 3. The fourth-order valence-electron chi connectivity index (χ4n) is 2.40. The summed E-state index contributed by atoms with van der Waals surface area (Å²) >= 11 is 0. The Morgan fingerprint density at radius 3 is 2.70 bits per heavy atom. The molecular formula is C15H21N3O2. The number of H-pyrrole nitrogens is 1. The summed E-state index contributed by atoms with van der Waals surface area (Å²) in [6.45, 7) is 7.27. The van der Waals surface area contributed by atoms with Crippen LogP contribution in [0, 0.1) is 0 Å². The second kappa shape index (κ2) is 5.16. The summed E-state index contributed by atoms with van der Waals surface area (Å²) in [5.41, 5.74) is 2.06. The second-order valence-corrected chi connectivity index (χ2v) is 5.75. The largest absolute Gasteiger partial charge is 0.349 e. The third-order valence-electron chi connectivity index (χ3n) is 3.57. The van der Waals surface area contributed by atoms with Crippen LogP contribution in [0.3, 0.4) is 0 Å². The van der Waals surface area contributed by atoms with Gasteiger partial charge < -0.3 is 19.8 Å². The van der Waals surface area contributed by atoms with Gasteiger partial charge in [0, 0.05) is 0 Å². The molecule has 2 N–H and O–H groups in total. The first-order valence-corrected chi connectivity index (χ1v) is 7.02. The maximum atomic E-state index is 5.66. The molecule has 1 saturated heterocycles. The van der Waals surface area contributed by atoms with Crippen molar-refractivity contribution in [2.75, 3.05) is 13.2 Å². The predicted octanol–water partition coefficient (Wildman–Crippen LogP) is 2.37. The monoisotopic (exact) mass is 275 g/mol. The van der Waals surface area contributed by atoms with Gasteiger partial charge in [-0.2, -0.15) is 0 Å². The van der Waals surface area contributed by atoms with E-state index in [4.69, 9.17) is 9.47 Å². The third-order valence-corrected chi connectivity index (χ3v) is 3.57. The average Bonchev–Trinajstić information content (AvgIpc) is 2.85. The first kappa shape index (κ1) is 13.5. The lowest BCUT2D eigenvalue weighted by atomic mass is 10.2. The summed E-state index contributed by atoms with van der Waals surface area (Å²) in [6.07, 6.45) is 0. The number of imidazole rings is 1. The third kappa shape index (κ3) is 2.85. The fraction of sp³-hybridized carbons (Fsp3) is 0.533. The van der Waals surface area contributed by atoms with Crippen molar-refractivity contribution in [3.63, 3.8) is 0 Å². The lowest BCUT2D eigenvalue weighted by Gasteiger charge is -2.36. The van der Waals surface area contributed by atoms with Crippen LogP contribution in [-0.2, 0) is 9.47 Å². The summed E-state index contributed by atoms with van der Waals surface area (Å²) in [6, 6.07) is 8.36. The first-order valence-electron chi connectivity index (χ1n) is 7.02. The van der Waals surface area contributed by atoms with Crippen molar-refractivity contribution in [1.29, 1.82) is 0 Å². The van der Waals surface area contributed by atoms with E-state index in [1.54, 1.807) is 0 Å². The molecule has 2 aromatic rings. The summed E-state index contributed by atoms with van der Waals surface area (Å²) in [7, 11) is 0. The van der Waals surface area contributed by atoms with Gasteiger partial charge in [-0.05, 0) is 32.9 Å². The first-order chi connectivity index (χ1) is 9.53. The van der Waals surface area contributed by atoms with Crippen LogP contribution in [0.5, 0.6) is 0 Å². The predicted molar refractivity (Wildman–Crippen MR) is 77.4 cm³/mol. The van der Waals surface area contributed by atoms with Crippen molar-refractivity contribution >= 4 is 11.0 Å². The van der Waals surface area contributed by atoms with E-state index in [9.17, 15) is 0 Å². The number of ether oxygens (including phenoxy) is 2. The van der Waals surface area contributed by atoms with Crippen LogP contribution in [0.25, 0.3) is 11.0 Å². The molecule has 0 saturated carbocycles. The molecule has 1 aliphatic rings. The van der Waals surface area contributed by atoms with Gasteiger partial charge in [-0.25, -0.2) is 4.98 Å². The summed E-state index contributed by atoms with van der Waals surface area (Å²) in [5, 5.41) is 3.49. The topological polar surface area (TPSA) is 59.2 Å². The second-order valence-electron chi connectivity index (χ2n) is 5.75. The van der Waals surface area contributed by atoms with Crippen LogP contribution in [0.15, 0.2) is 24.3 Å². The fourth-order valence-corrected chi connectivity index (χ4v) is 2.40. The van der Waals surface area contributed by atoms with Gasteiger partial charge in [0.05, 0.1) is 36.3 Å². The Bertz CT molecular complexity index is 551. The molecule has 1 atom stereocenters. The number of aromatic nitrogens is 2. The molecule has 0 radical (unpaired) electrons. The highest BCUT2D eigenvalue weighted by Gasteiger charge is 2.29. The smallest absolute Gasteiger partial charge is 0.162 e. The number of nitrogens with zero attached hydrogens (tertiary/aromatic N) is 1. The molecule has 1 fully saturated rings. The van der Waals surface area contributed by atoms with Crippen molar-refractivity contribution in [2.24, 2.45) is 0 Å². The van der Waals surface area contributed by atoms with E-state index in [0.717, 1.165) is 16.9 Å². The lowest BCUT2D eigenvalue weighted by molar-refractivity contribution is -0.253. The molecule has 3 rings (SSSR count). The minimum Gasteiger partial charge on any atom is -0.349 e. The highest BCUT2D eigenvalue weighted by atomic mass is 16.7. The van der Waals surface area contributed by atoms with E-state index in [2.05, 4.69) is 22.2 Å². The number of hydrogen-bond acceptors (Lipinski definition) is 4. The minimum atomic E-state index is -0.471. The maximum Gasteiger partial charge on any atom is 0.162 e. The van der Waals surface area contributed by atoms with Gasteiger partial charge >= 0.3 is 0 Å². The zero-order valence-electron chi connectivity index (χ0n) is 12.1. The van der Waals surface area contributed by atoms with Crippen LogP contribution in [-0.4, -0.2) is 35.0 Å². The number of benzene rings is 1. The molecule has 0 spiro atoms. The van der Waals surface area contributed by atoms with Crippen LogP contribution in [0.2, 0.25) is 0 Å². The lowest BCUT2D eigenvalue weighted by Crippen LogP contribution is -2.49. The van der Waals surface area contributed by atoms with E-state index in [0.29, 0.717) is 13.2 Å². The Hall–Kier alpha value is -1.43. The quantitative estimate of drug-likeness (QED) is 0.903. The molecule has 2 heterocycles. The number of fused-ring (bicyclic) bond motifs is 1. The Labute approximate surface area is 118 Å². The standard InChI is InChI=1S/C15H21N3O2/c1-10(16-11-8-19-15(2,3)20-9-11)14-17-12-6-4-5-7-13(12)18-14/h4-7,10-11,16H,8-9H2,1-3H3,(H,17,18). The highest BCUT2D eigenvalue weighted by Crippen LogP contribution is 2.20. The van der Waals surface area contributed by atoms with Crippen LogP contribution < -0.4 is 5.32 Å². The van der Waals surface area contributed by atoms with Gasteiger partial charge in [-0.1, -0.05) is 12.1 Å². The van der Waals surface area contributed by atoms with Crippen molar-refractivity contribution in [3.05, 3.63) is 30.1 Å². The van der Waals surface area contributed by atoms with Gasteiger partial charge in [0.15, 0.2) is 5.79 Å². The van der Waals surface area contributed by atoms with Crippen molar-refractivity contribution < 1.29 is 9.47 Å². The Morgan fingerprint density at radius 1 is 1.30 bits per heavy atom. The minimum absolute atomic E-state index is 0.126. The number of nitrogens with one attached hydrogen (secondary N) is 2. The van der Waals surface area contributed by atoms with Gasteiger partial charge in [0.1, 0.15) is 5.82 Å². The van der Waals surface area contributed by atoms with Crippen molar-refractivity contribution in [3.8, 4) is 0 Å². The van der Waals surface area contributed by atoms with Gasteiger partial charge in [0.2, 0.25) is 0 Å². The molecule has 5 heteroatoms. The molecule has 0 amide bonds. The van der Waals surface area contributed by atoms with Gasteiger partial charge in [-0.15, -0.1) is 0 Å². The summed E-state index contributed by atoms with van der Waals surface area (Å²) < 4.78 is 11.3. The highest BCUT2D eigenvalue weighted by molar-refractivity contribution is 5.74. The maximum absolute atomic E-state index is 5.66. The number of para-hydroxylation sites is 2. The molecule has 1 aliphatic heterocycles. The molecule has 0 aliphatic carbocycles. The Morgan fingerprint density at radius 2 is 2.00 bits per heavy atom. The van der Waals surface area contributed by atoms with E-state index in [-0.39, 0.29) is 12.1 Å². The molecule has 5 nitrogen and oxygen atoms in total. The van der Waals surface area contributed by atoms with E-state index in [1.807, 2.05) is 38.1 Å². The number of aromatic amines is 1. The Balaban J connectivity index is 1.66. The average molecular weight is 275 g/mol. The van der Waals surface area contributed by atoms with Gasteiger partial charge in [0.25, 0.3) is 0 Å². The molecular weight excluding hydrogens is 254 g/mol. The zero-order valence-corrected chi connectivity index (χ0v) is 12.1. The van der Waals surface area contributed by atoms with E-state index < -0.39 is 5.79 Å². The molecule has 1 unspecified atom stereocenters. The molecule has 1 aromatic heterocycles. The van der Waals surface area contributed by atoms with Crippen LogP contribution in [0.1, 0.15) is 32.6 Å². The normalized spacial score (nSPS) is 21.1. The molecule has 108 valence electrons. The SMILES string of the molecule is CC(NC1COC(C)(C)OC1)c1nc2ccccc2[nH]1. The molecule has 0 bridgehead atoms. The van der Waals surface area contributed by atoms with Gasteiger partial charge in [-0.3, -0.25) is 0 Å². The Kier molecular flexibility index (Phi) is 3.50. The number of hydrogen-bond donors (Lipinski definition) is 2. The van der Waals surface area contributed by atoms with Crippen molar-refractivity contribution in [1.82, 2.24) is 15.3 Å². The van der Waals surface area contributed by atoms with E-state index >= 15 is 0 Å². The molecule has 20 heavy (non-hydrogen) atoms. The molecule has 1 aromatic carbocycles.